The summed E-state index contributed by atoms with van der Waals surface area (Å²) < 4.78 is 43.5. The first kappa shape index (κ1) is 22.5. The molecule has 0 radical (unpaired) electrons. The number of ether oxygens (including phenoxy) is 1. The van der Waals surface area contributed by atoms with Gasteiger partial charge < -0.3 is 10.1 Å². The Labute approximate surface area is 181 Å². The number of anilines is 1. The Hall–Kier alpha value is -0.760. The van der Waals surface area contributed by atoms with Gasteiger partial charge in [0, 0.05) is 0 Å². The molecule has 0 heterocycles. The molecule has 2 aromatic carbocycles. The van der Waals surface area contributed by atoms with Crippen molar-refractivity contribution in [2.45, 2.75) is 6.18 Å². The third-order valence-corrected chi connectivity index (χ3v) is 5.66. The van der Waals surface area contributed by atoms with Gasteiger partial charge in [0.05, 0.1) is 31.3 Å². The Kier molecular flexibility index (Phi) is 7.28. The van der Waals surface area contributed by atoms with Crippen molar-refractivity contribution in [3.63, 3.8) is 0 Å². The number of alkyl halides is 3. The standard InChI is InChI=1S/C15H6Cl6F3NO2/c16-6-2-1-5(15(22,23)24)3-7(6)25-8(26)4-27-14-12(20)10(18)9(17)11(19)13(14)21/h1-3H,4H2,(H,25,26). The van der Waals surface area contributed by atoms with Crippen molar-refractivity contribution in [3.05, 3.63) is 53.9 Å². The topological polar surface area (TPSA) is 38.3 Å². The molecule has 146 valence electrons. The van der Waals surface area contributed by atoms with Crippen LogP contribution < -0.4 is 10.1 Å². The Bertz CT molecular complexity index is 875. The number of rotatable bonds is 4. The van der Waals surface area contributed by atoms with Gasteiger partial charge >= 0.3 is 6.18 Å². The van der Waals surface area contributed by atoms with E-state index in [1.807, 2.05) is 0 Å². The molecular formula is C15H6Cl6F3NO2. The molecule has 0 bridgehead atoms. The van der Waals surface area contributed by atoms with Crippen LogP contribution in [0.1, 0.15) is 5.56 Å². The van der Waals surface area contributed by atoms with Crippen LogP contribution in [-0.4, -0.2) is 12.5 Å². The molecule has 0 saturated carbocycles. The fourth-order valence-corrected chi connectivity index (χ4v) is 3.23. The number of amides is 1. The lowest BCUT2D eigenvalue weighted by atomic mass is 10.2. The van der Waals surface area contributed by atoms with E-state index in [4.69, 9.17) is 74.3 Å². The number of halogens is 9. The number of carbonyl (C=O) groups is 1. The molecule has 27 heavy (non-hydrogen) atoms. The maximum Gasteiger partial charge on any atom is 0.416 e. The van der Waals surface area contributed by atoms with E-state index in [2.05, 4.69) is 5.32 Å². The third kappa shape index (κ3) is 5.19. The summed E-state index contributed by atoms with van der Waals surface area (Å²) >= 11 is 35.3. The highest BCUT2D eigenvalue weighted by Crippen LogP contribution is 2.48. The zero-order valence-electron chi connectivity index (χ0n) is 12.7. The Morgan fingerprint density at radius 1 is 0.926 bits per heavy atom. The number of hydrogen-bond acceptors (Lipinski definition) is 2. The second-order valence-corrected chi connectivity index (χ2v) is 7.23. The van der Waals surface area contributed by atoms with Gasteiger partial charge in [-0.25, -0.2) is 0 Å². The molecule has 0 unspecified atom stereocenters. The monoisotopic (exact) mass is 499 g/mol. The van der Waals surface area contributed by atoms with Crippen molar-refractivity contribution < 1.29 is 22.7 Å². The maximum atomic E-state index is 12.8. The molecule has 0 aliphatic rings. The van der Waals surface area contributed by atoms with Crippen LogP contribution in [0.25, 0.3) is 0 Å². The van der Waals surface area contributed by atoms with Gasteiger partial charge in [0.25, 0.3) is 5.91 Å². The van der Waals surface area contributed by atoms with Crippen LogP contribution in [0.15, 0.2) is 18.2 Å². The SMILES string of the molecule is O=C(COc1c(Cl)c(Cl)c(Cl)c(Cl)c1Cl)Nc1cc(C(F)(F)F)ccc1Cl. The van der Waals surface area contributed by atoms with Gasteiger partial charge in [0.1, 0.15) is 10.0 Å². The molecule has 0 aliphatic carbocycles. The van der Waals surface area contributed by atoms with Gasteiger partial charge in [0.15, 0.2) is 12.4 Å². The zero-order chi connectivity index (χ0) is 20.5. The van der Waals surface area contributed by atoms with Crippen LogP contribution in [0.2, 0.25) is 30.1 Å². The van der Waals surface area contributed by atoms with E-state index in [0.717, 1.165) is 12.1 Å². The number of nitrogens with one attached hydrogen (secondary N) is 1. The molecule has 0 aliphatic heterocycles. The molecule has 2 rings (SSSR count). The number of carbonyl (C=O) groups excluding carboxylic acids is 1. The van der Waals surface area contributed by atoms with Crippen molar-refractivity contribution in [2.24, 2.45) is 0 Å². The van der Waals surface area contributed by atoms with E-state index in [1.165, 1.54) is 0 Å². The van der Waals surface area contributed by atoms with E-state index < -0.39 is 24.3 Å². The summed E-state index contributed by atoms with van der Waals surface area (Å²) in [5, 5.41) is 1.38. The smallest absolute Gasteiger partial charge is 0.416 e. The number of benzene rings is 2. The number of hydrogen-bond donors (Lipinski definition) is 1. The van der Waals surface area contributed by atoms with Crippen LogP contribution in [0.5, 0.6) is 5.75 Å². The molecular weight excluding hydrogens is 496 g/mol. The lowest BCUT2D eigenvalue weighted by molar-refractivity contribution is -0.137. The first-order valence-corrected chi connectivity index (χ1v) is 9.01. The third-order valence-electron chi connectivity index (χ3n) is 3.08. The maximum absolute atomic E-state index is 12.8. The molecule has 0 saturated heterocycles. The predicted octanol–water partition coefficient (Wildman–Crippen LogP) is 7.64. The Morgan fingerprint density at radius 3 is 1.96 bits per heavy atom. The van der Waals surface area contributed by atoms with Crippen molar-refractivity contribution in [3.8, 4) is 5.75 Å². The summed E-state index contributed by atoms with van der Waals surface area (Å²) in [5.41, 5.74) is -1.23. The molecule has 12 heteroatoms. The normalized spacial score (nSPS) is 11.4. The zero-order valence-corrected chi connectivity index (χ0v) is 17.2. The molecule has 3 nitrogen and oxygen atoms in total. The fourth-order valence-electron chi connectivity index (χ4n) is 1.83. The van der Waals surface area contributed by atoms with Gasteiger partial charge in [0.2, 0.25) is 0 Å². The molecule has 1 amide bonds. The van der Waals surface area contributed by atoms with Crippen LogP contribution in [0.4, 0.5) is 18.9 Å². The summed E-state index contributed by atoms with van der Waals surface area (Å²) in [6, 6.07) is 2.48. The first-order chi connectivity index (χ1) is 12.4. The van der Waals surface area contributed by atoms with Crippen molar-refractivity contribution >= 4 is 81.2 Å². The molecule has 0 aromatic heterocycles. The van der Waals surface area contributed by atoms with Gasteiger partial charge in [-0.15, -0.1) is 0 Å². The predicted molar refractivity (Wildman–Crippen MR) is 102 cm³/mol. The first-order valence-electron chi connectivity index (χ1n) is 6.74. The van der Waals surface area contributed by atoms with Crippen LogP contribution in [-0.2, 0) is 11.0 Å². The minimum Gasteiger partial charge on any atom is -0.481 e. The van der Waals surface area contributed by atoms with E-state index in [0.29, 0.717) is 6.07 Å². The van der Waals surface area contributed by atoms with E-state index >= 15 is 0 Å². The summed E-state index contributed by atoms with van der Waals surface area (Å²) in [6.07, 6.45) is -4.60. The molecule has 0 spiro atoms. The van der Waals surface area contributed by atoms with E-state index in [1.54, 1.807) is 0 Å². The highest BCUT2D eigenvalue weighted by molar-refractivity contribution is 6.55. The quantitative estimate of drug-likeness (QED) is 0.345. The van der Waals surface area contributed by atoms with E-state index in [-0.39, 0.29) is 41.6 Å². The van der Waals surface area contributed by atoms with Gasteiger partial charge in [-0.1, -0.05) is 69.6 Å². The summed E-state index contributed by atoms with van der Waals surface area (Å²) in [6.45, 7) is -0.666. The molecule has 0 atom stereocenters. The second-order valence-electron chi connectivity index (χ2n) is 4.93. The van der Waals surface area contributed by atoms with Crippen molar-refractivity contribution in [1.29, 1.82) is 0 Å². The fraction of sp³-hybridized carbons (Fsp3) is 0.133. The molecule has 1 N–H and O–H groups in total. The average molecular weight is 502 g/mol. The van der Waals surface area contributed by atoms with Crippen LogP contribution in [0, 0.1) is 0 Å². The molecule has 2 aromatic rings. The minimum atomic E-state index is -4.60. The largest absolute Gasteiger partial charge is 0.481 e. The summed E-state index contributed by atoms with van der Waals surface area (Å²) in [7, 11) is 0. The van der Waals surface area contributed by atoms with Crippen molar-refractivity contribution in [2.75, 3.05) is 11.9 Å². The average Bonchev–Trinajstić information content (AvgIpc) is 2.59. The van der Waals surface area contributed by atoms with Gasteiger partial charge in [-0.3, -0.25) is 4.79 Å². The van der Waals surface area contributed by atoms with Gasteiger partial charge in [-0.05, 0) is 18.2 Å². The summed E-state index contributed by atoms with van der Waals surface area (Å²) in [5.74, 6) is -1.03. The minimum absolute atomic E-state index is 0.0926. The Balaban J connectivity index is 2.17. The lowest BCUT2D eigenvalue weighted by Gasteiger charge is -2.14. The lowest BCUT2D eigenvalue weighted by Crippen LogP contribution is -2.21. The van der Waals surface area contributed by atoms with Crippen LogP contribution >= 0.6 is 69.6 Å². The highest BCUT2D eigenvalue weighted by atomic mass is 35.5. The van der Waals surface area contributed by atoms with Crippen molar-refractivity contribution in [1.82, 2.24) is 0 Å². The van der Waals surface area contributed by atoms with Gasteiger partial charge in [-0.2, -0.15) is 13.2 Å². The highest BCUT2D eigenvalue weighted by Gasteiger charge is 2.31. The Morgan fingerprint density at radius 2 is 1.44 bits per heavy atom. The molecule has 0 fully saturated rings. The summed E-state index contributed by atoms with van der Waals surface area (Å²) in [4.78, 5) is 12.0. The van der Waals surface area contributed by atoms with Crippen LogP contribution in [0.3, 0.4) is 0 Å². The van der Waals surface area contributed by atoms with E-state index in [9.17, 15) is 18.0 Å². The second kappa shape index (κ2) is 8.72.